The molecule has 80 valence electrons. The van der Waals surface area contributed by atoms with Crippen molar-refractivity contribution in [1.82, 2.24) is 4.90 Å². The predicted molar refractivity (Wildman–Crippen MR) is 53.1 cm³/mol. The molecule has 1 N–H and O–H groups in total. The molecule has 0 aromatic heterocycles. The minimum Gasteiger partial charge on any atom is -0.386 e. The molecule has 1 aliphatic carbocycles. The fourth-order valence-electron chi connectivity index (χ4n) is 2.87. The molecule has 1 saturated carbocycles. The Kier molecular flexibility index (Phi) is 1.77. The van der Waals surface area contributed by atoms with E-state index in [-0.39, 0.29) is 6.10 Å². The van der Waals surface area contributed by atoms with Crippen molar-refractivity contribution >= 4 is 0 Å². The van der Waals surface area contributed by atoms with Gasteiger partial charge in [-0.2, -0.15) is 0 Å². The molecule has 2 atom stereocenters. The maximum absolute atomic E-state index is 10.3. The average molecular weight is 197 g/mol. The Labute approximate surface area is 85.0 Å². The van der Waals surface area contributed by atoms with Crippen molar-refractivity contribution < 1.29 is 9.84 Å². The third kappa shape index (κ3) is 1.30. The average Bonchev–Trinajstić information content (AvgIpc) is 2.77. The maximum atomic E-state index is 10.3. The summed E-state index contributed by atoms with van der Waals surface area (Å²) in [4.78, 5) is 2.39. The number of nitrogens with zero attached hydrogens (tertiary/aromatic N) is 1. The smallest absolute Gasteiger partial charge is 0.105 e. The van der Waals surface area contributed by atoms with Crippen LogP contribution in [-0.2, 0) is 4.74 Å². The van der Waals surface area contributed by atoms with Gasteiger partial charge in [-0.3, -0.25) is 4.90 Å². The van der Waals surface area contributed by atoms with Crippen molar-refractivity contribution in [3.63, 3.8) is 0 Å². The van der Waals surface area contributed by atoms with Gasteiger partial charge < -0.3 is 9.84 Å². The van der Waals surface area contributed by atoms with Gasteiger partial charge in [0, 0.05) is 32.7 Å². The fourth-order valence-corrected chi connectivity index (χ4v) is 2.87. The van der Waals surface area contributed by atoms with Gasteiger partial charge in [-0.1, -0.05) is 0 Å². The second kappa shape index (κ2) is 2.71. The summed E-state index contributed by atoms with van der Waals surface area (Å²) in [6.45, 7) is 5.94. The lowest BCUT2D eigenvalue weighted by atomic mass is 9.90. The lowest BCUT2D eigenvalue weighted by Crippen LogP contribution is -2.56. The van der Waals surface area contributed by atoms with Gasteiger partial charge in [0.25, 0.3) is 0 Å². The molecule has 2 aliphatic heterocycles. The molecule has 14 heavy (non-hydrogen) atoms. The van der Waals surface area contributed by atoms with Gasteiger partial charge in [-0.05, 0) is 25.2 Å². The normalized spacial score (nSPS) is 45.4. The highest BCUT2D eigenvalue weighted by molar-refractivity contribution is 5.07. The minimum absolute atomic E-state index is 0.0123. The van der Waals surface area contributed by atoms with Crippen LogP contribution in [0, 0.1) is 5.41 Å². The van der Waals surface area contributed by atoms with E-state index < -0.39 is 5.60 Å². The molecular weight excluding hydrogens is 178 g/mol. The number of β-amino-alcohol motifs (C(OH)–C–C–N with tert-alkyl or cyclic N) is 1. The number of hydrogen-bond donors (Lipinski definition) is 1. The quantitative estimate of drug-likeness (QED) is 0.704. The molecule has 0 radical (unpaired) electrons. The van der Waals surface area contributed by atoms with Gasteiger partial charge in [0.15, 0.2) is 0 Å². The molecule has 2 heterocycles. The van der Waals surface area contributed by atoms with E-state index in [1.54, 1.807) is 0 Å². The van der Waals surface area contributed by atoms with Crippen LogP contribution in [0.3, 0.4) is 0 Å². The van der Waals surface area contributed by atoms with Crippen molar-refractivity contribution in [1.29, 1.82) is 0 Å². The van der Waals surface area contributed by atoms with Crippen molar-refractivity contribution in [3.8, 4) is 0 Å². The van der Waals surface area contributed by atoms with Crippen LogP contribution in [0.4, 0.5) is 0 Å². The highest BCUT2D eigenvalue weighted by Crippen LogP contribution is 2.53. The van der Waals surface area contributed by atoms with Crippen LogP contribution in [0.15, 0.2) is 0 Å². The zero-order valence-corrected chi connectivity index (χ0v) is 8.83. The fraction of sp³-hybridized carbons (Fsp3) is 1.00. The number of rotatable bonds is 2. The number of hydrogen-bond acceptors (Lipinski definition) is 3. The summed E-state index contributed by atoms with van der Waals surface area (Å²) in [5, 5.41) is 10.3. The summed E-state index contributed by atoms with van der Waals surface area (Å²) in [6, 6.07) is 0. The Hall–Kier alpha value is -0.120. The van der Waals surface area contributed by atoms with Crippen LogP contribution in [-0.4, -0.2) is 48.0 Å². The lowest BCUT2D eigenvalue weighted by Gasteiger charge is -2.44. The first-order valence-corrected chi connectivity index (χ1v) is 5.68. The summed E-state index contributed by atoms with van der Waals surface area (Å²) in [5.41, 5.74) is 0.121. The van der Waals surface area contributed by atoms with Crippen molar-refractivity contribution in [2.24, 2.45) is 5.41 Å². The largest absolute Gasteiger partial charge is 0.386 e. The van der Waals surface area contributed by atoms with Gasteiger partial charge in [0.2, 0.25) is 0 Å². The Balaban J connectivity index is 1.56. The Morgan fingerprint density at radius 1 is 1.36 bits per heavy atom. The molecule has 0 aromatic carbocycles. The summed E-state index contributed by atoms with van der Waals surface area (Å²) >= 11 is 0. The topological polar surface area (TPSA) is 32.7 Å². The summed E-state index contributed by atoms with van der Waals surface area (Å²) < 4.78 is 5.43. The highest BCUT2D eigenvalue weighted by atomic mass is 16.5. The summed E-state index contributed by atoms with van der Waals surface area (Å²) in [7, 11) is 0. The van der Waals surface area contributed by atoms with E-state index in [1.807, 2.05) is 6.92 Å². The Morgan fingerprint density at radius 3 is 2.57 bits per heavy atom. The van der Waals surface area contributed by atoms with E-state index in [0.717, 1.165) is 19.6 Å². The van der Waals surface area contributed by atoms with Crippen molar-refractivity contribution in [2.45, 2.75) is 37.9 Å². The molecule has 3 rings (SSSR count). The van der Waals surface area contributed by atoms with Crippen LogP contribution < -0.4 is 0 Å². The first-order valence-electron chi connectivity index (χ1n) is 5.68. The third-order valence-electron chi connectivity index (χ3n) is 4.23. The zero-order chi connectivity index (χ0) is 9.81. The minimum atomic E-state index is -0.573. The van der Waals surface area contributed by atoms with Gasteiger partial charge in [0.05, 0.1) is 6.10 Å². The number of aliphatic hydroxyl groups is 1. The molecule has 3 aliphatic rings. The monoisotopic (exact) mass is 197 g/mol. The lowest BCUT2D eigenvalue weighted by molar-refractivity contribution is -0.0726. The molecule has 2 saturated heterocycles. The molecule has 1 spiro atoms. The Bertz CT molecular complexity index is 244. The Morgan fingerprint density at radius 2 is 2.07 bits per heavy atom. The number of likely N-dealkylation sites (tertiary alicyclic amines) is 1. The zero-order valence-electron chi connectivity index (χ0n) is 8.83. The molecule has 3 nitrogen and oxygen atoms in total. The molecule has 0 amide bonds. The second-order valence-electron chi connectivity index (χ2n) is 5.51. The summed E-state index contributed by atoms with van der Waals surface area (Å²) in [6.07, 6.45) is 3.64. The standard InChI is InChI=1S/C11H19NO2/c1-9-11(13,4-5-14-9)8-12-6-10(7-12)2-3-10/h9,13H,2-8H2,1H3. The van der Waals surface area contributed by atoms with Gasteiger partial charge >= 0.3 is 0 Å². The van der Waals surface area contributed by atoms with E-state index in [0.29, 0.717) is 5.41 Å². The number of ether oxygens (including phenoxy) is 1. The summed E-state index contributed by atoms with van der Waals surface area (Å²) in [5.74, 6) is 0. The van der Waals surface area contributed by atoms with Crippen molar-refractivity contribution in [3.05, 3.63) is 0 Å². The van der Waals surface area contributed by atoms with Gasteiger partial charge in [0.1, 0.15) is 5.60 Å². The van der Waals surface area contributed by atoms with Crippen molar-refractivity contribution in [2.75, 3.05) is 26.2 Å². The first-order chi connectivity index (χ1) is 6.62. The predicted octanol–water partition coefficient (Wildman–Crippen LogP) is 0.622. The van der Waals surface area contributed by atoms with E-state index in [4.69, 9.17) is 4.74 Å². The molecule has 2 unspecified atom stereocenters. The SMILES string of the molecule is CC1OCCC1(O)CN1CC2(CC2)C1. The maximum Gasteiger partial charge on any atom is 0.105 e. The van der Waals surface area contributed by atoms with Crippen LogP contribution in [0.2, 0.25) is 0 Å². The molecule has 3 heteroatoms. The first kappa shape index (κ1) is 9.13. The van der Waals surface area contributed by atoms with Crippen LogP contribution in [0.1, 0.15) is 26.2 Å². The van der Waals surface area contributed by atoms with Crippen LogP contribution in [0.5, 0.6) is 0 Å². The molecule has 0 bridgehead atoms. The van der Waals surface area contributed by atoms with E-state index in [1.165, 1.54) is 25.9 Å². The third-order valence-corrected chi connectivity index (χ3v) is 4.23. The van der Waals surface area contributed by atoms with Gasteiger partial charge in [-0.15, -0.1) is 0 Å². The molecule has 3 fully saturated rings. The molecule has 0 aromatic rings. The van der Waals surface area contributed by atoms with E-state index in [2.05, 4.69) is 4.90 Å². The van der Waals surface area contributed by atoms with Crippen LogP contribution >= 0.6 is 0 Å². The molecular formula is C11H19NO2. The highest BCUT2D eigenvalue weighted by Gasteiger charge is 2.54. The second-order valence-corrected chi connectivity index (χ2v) is 5.51. The van der Waals surface area contributed by atoms with Gasteiger partial charge in [-0.25, -0.2) is 0 Å². The van der Waals surface area contributed by atoms with Crippen LogP contribution in [0.25, 0.3) is 0 Å². The van der Waals surface area contributed by atoms with E-state index in [9.17, 15) is 5.11 Å². The van der Waals surface area contributed by atoms with E-state index >= 15 is 0 Å².